The normalized spacial score (nSPS) is 25.4. The van der Waals surface area contributed by atoms with E-state index in [4.69, 9.17) is 16.1 Å². The Labute approximate surface area is 270 Å². The van der Waals surface area contributed by atoms with Crippen molar-refractivity contribution in [1.82, 2.24) is 24.8 Å². The van der Waals surface area contributed by atoms with Gasteiger partial charge in [-0.2, -0.15) is 9.97 Å². The molecule has 0 aliphatic carbocycles. The zero-order chi connectivity index (χ0) is 32.4. The van der Waals surface area contributed by atoms with Crippen LogP contribution in [0.1, 0.15) is 44.1 Å². The number of nitrogens with zero attached hydrogens (tertiary/aromatic N) is 6. The van der Waals surface area contributed by atoms with Crippen molar-refractivity contribution in [2.75, 3.05) is 37.7 Å². The number of pyridine rings is 1. The number of aliphatic hydroxyl groups excluding tert-OH is 1. The van der Waals surface area contributed by atoms with E-state index in [0.29, 0.717) is 47.2 Å². The van der Waals surface area contributed by atoms with E-state index in [-0.39, 0.29) is 53.1 Å². The van der Waals surface area contributed by atoms with E-state index < -0.39 is 17.7 Å². The molecule has 12 heteroatoms. The maximum absolute atomic E-state index is 16.8. The number of hydrogen-bond donors (Lipinski definition) is 2. The van der Waals surface area contributed by atoms with E-state index in [2.05, 4.69) is 20.8 Å². The molecule has 2 aromatic carbocycles. The van der Waals surface area contributed by atoms with Crippen molar-refractivity contribution in [2.45, 2.75) is 62.2 Å². The Morgan fingerprint density at radius 3 is 2.66 bits per heavy atom. The maximum atomic E-state index is 16.8. The first-order valence-corrected chi connectivity index (χ1v) is 16.1. The maximum Gasteiger partial charge on any atom is 0.407 e. The van der Waals surface area contributed by atoms with E-state index in [0.717, 1.165) is 45.1 Å². The topological polar surface area (TPSA) is 115 Å². The summed E-state index contributed by atoms with van der Waals surface area (Å²) in [4.78, 5) is 31.8. The van der Waals surface area contributed by atoms with Gasteiger partial charge in [0.15, 0.2) is 5.82 Å². The molecule has 0 radical (unpaired) electrons. The number of carbonyl (C=O) groups is 1. The predicted octanol–water partition coefficient (Wildman–Crippen LogP) is 4.80. The Balaban J connectivity index is 1.25. The van der Waals surface area contributed by atoms with E-state index in [1.807, 2.05) is 4.90 Å². The van der Waals surface area contributed by atoms with E-state index in [9.17, 15) is 19.4 Å². The highest BCUT2D eigenvalue weighted by atomic mass is 19.1. The van der Waals surface area contributed by atoms with Crippen LogP contribution in [0.15, 0.2) is 36.5 Å². The molecular weight excluding hydrogens is 606 g/mol. The second kappa shape index (κ2) is 11.3. The lowest BCUT2D eigenvalue weighted by Gasteiger charge is -2.40. The largest absolute Gasteiger partial charge is 0.465 e. The van der Waals surface area contributed by atoms with Crippen molar-refractivity contribution in [1.29, 1.82) is 0 Å². The van der Waals surface area contributed by atoms with Crippen molar-refractivity contribution < 1.29 is 28.5 Å². The van der Waals surface area contributed by atoms with Gasteiger partial charge in [0, 0.05) is 36.3 Å². The van der Waals surface area contributed by atoms with E-state index >= 15 is 4.39 Å². The Morgan fingerprint density at radius 1 is 1.11 bits per heavy atom. The minimum Gasteiger partial charge on any atom is -0.465 e. The van der Waals surface area contributed by atoms with Crippen LogP contribution in [-0.2, 0) is 0 Å². The molecule has 10 nitrogen and oxygen atoms in total. The first-order valence-electron chi connectivity index (χ1n) is 16.1. The molecule has 4 fully saturated rings. The quantitative estimate of drug-likeness (QED) is 0.287. The van der Waals surface area contributed by atoms with Crippen LogP contribution in [0.2, 0.25) is 0 Å². The molecule has 6 heterocycles. The first kappa shape index (κ1) is 29.8. The minimum absolute atomic E-state index is 0.000824. The molecule has 4 aliphatic rings. The highest BCUT2D eigenvalue weighted by Gasteiger charge is 2.50. The van der Waals surface area contributed by atoms with E-state index in [1.165, 1.54) is 17.2 Å². The average Bonchev–Trinajstić information content (AvgIpc) is 3.73. The molecule has 4 saturated heterocycles. The summed E-state index contributed by atoms with van der Waals surface area (Å²) in [5, 5.41) is 21.2. The molecule has 8 rings (SSSR count). The number of hydrogen-bond acceptors (Lipinski definition) is 8. The summed E-state index contributed by atoms with van der Waals surface area (Å²) in [6.45, 7) is 2.04. The lowest BCUT2D eigenvalue weighted by atomic mass is 9.95. The van der Waals surface area contributed by atoms with Crippen LogP contribution >= 0.6 is 0 Å². The Morgan fingerprint density at radius 2 is 1.91 bits per heavy atom. The number of benzene rings is 2. The number of rotatable bonds is 6. The summed E-state index contributed by atoms with van der Waals surface area (Å²) >= 11 is 0. The smallest absolute Gasteiger partial charge is 0.407 e. The standard InChI is InChI=1S/C35H34F2N6O4/c1-2-24-27(36)10-7-20-5-3-6-25(28(20)24)30-29(37)31-26(15-38-30)32(41-16-21-8-9-22(17-41)43(21)34(45)46)40-33(39-31)47-19-35-12-4-14-42(35)23(18-44)11-13-35/h1,3,5-7,10,15,21-23,44H,4,8-9,11-14,16-19H2,(H,45,46)/t21?,22?,23-,35-/m1/s1. The zero-order valence-corrected chi connectivity index (χ0v) is 25.7. The second-order valence-corrected chi connectivity index (χ2v) is 13.1. The number of terminal acetylenes is 1. The second-order valence-electron chi connectivity index (χ2n) is 13.1. The third-order valence-electron chi connectivity index (χ3n) is 10.8. The van der Waals surface area contributed by atoms with Gasteiger partial charge in [0.25, 0.3) is 0 Å². The molecule has 47 heavy (non-hydrogen) atoms. The molecule has 4 atom stereocenters. The van der Waals surface area contributed by atoms with Gasteiger partial charge in [0.2, 0.25) is 0 Å². The van der Waals surface area contributed by atoms with Crippen molar-refractivity contribution >= 4 is 33.6 Å². The van der Waals surface area contributed by atoms with Crippen molar-refractivity contribution in [2.24, 2.45) is 0 Å². The summed E-state index contributed by atoms with van der Waals surface area (Å²) in [6.07, 6.45) is 11.4. The number of halogens is 2. The highest BCUT2D eigenvalue weighted by Crippen LogP contribution is 2.43. The summed E-state index contributed by atoms with van der Waals surface area (Å²) in [7, 11) is 0. The molecule has 0 saturated carbocycles. The predicted molar refractivity (Wildman–Crippen MR) is 171 cm³/mol. The van der Waals surface area contributed by atoms with Crippen molar-refractivity contribution in [3.8, 4) is 29.6 Å². The molecule has 1 amide bonds. The number of carboxylic acid groups (broad SMARTS) is 1. The molecule has 2 aromatic heterocycles. The summed E-state index contributed by atoms with van der Waals surface area (Å²) in [6, 6.07) is 7.74. The fourth-order valence-corrected chi connectivity index (χ4v) is 8.60. The number of fused-ring (bicyclic) bond motifs is 5. The molecular formula is C35H34F2N6O4. The van der Waals surface area contributed by atoms with Crippen LogP contribution in [-0.4, -0.2) is 97.6 Å². The molecule has 2 unspecified atom stereocenters. The number of aliphatic hydroxyl groups is 1. The monoisotopic (exact) mass is 640 g/mol. The van der Waals surface area contributed by atoms with Gasteiger partial charge in [-0.15, -0.1) is 6.42 Å². The zero-order valence-electron chi connectivity index (χ0n) is 25.7. The van der Waals surface area contributed by atoms with Crippen LogP contribution in [0.3, 0.4) is 0 Å². The van der Waals surface area contributed by atoms with Gasteiger partial charge < -0.3 is 19.8 Å². The average molecular weight is 641 g/mol. The van der Waals surface area contributed by atoms with Gasteiger partial charge in [0.05, 0.1) is 35.2 Å². The fraction of sp³-hybridized carbons (Fsp3) is 0.429. The van der Waals surface area contributed by atoms with Gasteiger partial charge in [-0.05, 0) is 56.5 Å². The summed E-state index contributed by atoms with van der Waals surface area (Å²) < 4.78 is 38.0. The van der Waals surface area contributed by atoms with Crippen LogP contribution in [0, 0.1) is 24.0 Å². The van der Waals surface area contributed by atoms with E-state index in [1.54, 1.807) is 24.3 Å². The Hall–Kier alpha value is -4.60. The van der Waals surface area contributed by atoms with Gasteiger partial charge in [0.1, 0.15) is 29.5 Å². The molecule has 2 N–H and O–H groups in total. The van der Waals surface area contributed by atoms with Crippen LogP contribution in [0.25, 0.3) is 32.9 Å². The number of ether oxygens (including phenoxy) is 1. The van der Waals surface area contributed by atoms with Gasteiger partial charge >= 0.3 is 12.1 Å². The van der Waals surface area contributed by atoms with Crippen LogP contribution in [0.4, 0.5) is 19.4 Å². The number of aromatic nitrogens is 3. The van der Waals surface area contributed by atoms with Crippen LogP contribution < -0.4 is 9.64 Å². The van der Waals surface area contributed by atoms with Crippen molar-refractivity contribution in [3.63, 3.8) is 0 Å². The van der Waals surface area contributed by atoms with Gasteiger partial charge in [-0.1, -0.05) is 30.2 Å². The third kappa shape index (κ3) is 4.66. The lowest BCUT2D eigenvalue weighted by Crippen LogP contribution is -2.55. The molecule has 2 bridgehead atoms. The molecule has 0 spiro atoms. The minimum atomic E-state index is -0.943. The summed E-state index contributed by atoms with van der Waals surface area (Å²) in [5.41, 5.74) is 0.0831. The summed E-state index contributed by atoms with van der Waals surface area (Å²) in [5.74, 6) is 1.55. The van der Waals surface area contributed by atoms with Gasteiger partial charge in [-0.3, -0.25) is 14.8 Å². The van der Waals surface area contributed by atoms with Gasteiger partial charge in [-0.25, -0.2) is 13.6 Å². The number of amides is 1. The Bertz CT molecular complexity index is 1950. The highest BCUT2D eigenvalue weighted by molar-refractivity contribution is 6.02. The Kier molecular flexibility index (Phi) is 7.15. The lowest BCUT2D eigenvalue weighted by molar-refractivity contribution is 0.0644. The fourth-order valence-electron chi connectivity index (χ4n) is 8.60. The SMILES string of the molecule is C#Cc1c(F)ccc2cccc(-c3ncc4c(N5CC6CCC(C5)N6C(=O)O)nc(OC[C@]56CCCN5[C@@H](CO)CC6)nc4c3F)c12. The third-order valence-corrected chi connectivity index (χ3v) is 10.8. The molecule has 242 valence electrons. The van der Waals surface area contributed by atoms with Crippen molar-refractivity contribution in [3.05, 3.63) is 53.7 Å². The first-order chi connectivity index (χ1) is 22.8. The van der Waals surface area contributed by atoms with Crippen LogP contribution in [0.5, 0.6) is 6.01 Å². The number of piperazine rings is 1. The number of anilines is 1. The molecule has 4 aliphatic heterocycles. The molecule has 4 aromatic rings.